The molecule has 1 fully saturated rings. The van der Waals surface area contributed by atoms with E-state index in [1.807, 2.05) is 12.1 Å². The predicted molar refractivity (Wildman–Crippen MR) is 119 cm³/mol. The molecule has 0 radical (unpaired) electrons. The van der Waals surface area contributed by atoms with Gasteiger partial charge < -0.3 is 15.1 Å². The molecular formula is C24H25N5O. The lowest BCUT2D eigenvalue weighted by Crippen LogP contribution is -2.32. The number of rotatable bonds is 4. The van der Waals surface area contributed by atoms with Crippen LogP contribution in [0.15, 0.2) is 60.8 Å². The molecular weight excluding hydrogens is 374 g/mol. The minimum absolute atomic E-state index is 0.218. The Bertz CT molecular complexity index is 1040. The largest absolute Gasteiger partial charge is 0.372 e. The minimum Gasteiger partial charge on any atom is -0.372 e. The molecule has 0 atom stereocenters. The fourth-order valence-electron chi connectivity index (χ4n) is 4.22. The number of hydrogen-bond donors (Lipinski definition) is 1. The average molecular weight is 399 g/mol. The monoisotopic (exact) mass is 399 g/mol. The van der Waals surface area contributed by atoms with Crippen molar-refractivity contribution in [1.82, 2.24) is 9.97 Å². The van der Waals surface area contributed by atoms with E-state index in [-0.39, 0.29) is 5.91 Å². The first-order valence-electron chi connectivity index (χ1n) is 10.6. The molecule has 0 bridgehead atoms. The first-order valence-corrected chi connectivity index (χ1v) is 10.6. The van der Waals surface area contributed by atoms with Crippen molar-refractivity contribution in [2.75, 3.05) is 34.8 Å². The van der Waals surface area contributed by atoms with Gasteiger partial charge in [0.2, 0.25) is 5.95 Å². The molecule has 1 saturated heterocycles. The summed E-state index contributed by atoms with van der Waals surface area (Å²) in [5.41, 5.74) is 5.03. The molecule has 0 spiro atoms. The zero-order chi connectivity index (χ0) is 20.3. The summed E-state index contributed by atoms with van der Waals surface area (Å²) in [7, 11) is 0. The van der Waals surface area contributed by atoms with Gasteiger partial charge >= 0.3 is 0 Å². The zero-order valence-corrected chi connectivity index (χ0v) is 16.9. The van der Waals surface area contributed by atoms with Gasteiger partial charge in [-0.2, -0.15) is 0 Å². The Balaban J connectivity index is 1.27. The molecule has 3 heterocycles. The third-order valence-corrected chi connectivity index (χ3v) is 5.89. The lowest BCUT2D eigenvalue weighted by Gasteiger charge is -2.28. The lowest BCUT2D eigenvalue weighted by molar-refractivity contribution is 0.102. The maximum absolute atomic E-state index is 12.8. The maximum Gasteiger partial charge on any atom is 0.274 e. The lowest BCUT2D eigenvalue weighted by atomic mass is 10.0. The van der Waals surface area contributed by atoms with Gasteiger partial charge in [0, 0.05) is 43.8 Å². The van der Waals surface area contributed by atoms with E-state index in [0.717, 1.165) is 38.3 Å². The van der Waals surface area contributed by atoms with Crippen LogP contribution in [0.5, 0.6) is 0 Å². The van der Waals surface area contributed by atoms with E-state index in [0.29, 0.717) is 11.6 Å². The van der Waals surface area contributed by atoms with Gasteiger partial charge in [-0.05, 0) is 60.7 Å². The standard InChI is InChI=1S/C24H25N5O/c30-23(26-20-7-9-21(10-8-20)28-14-3-4-15-28)22-11-13-25-24(27-22)29-16-12-18-5-1-2-6-19(18)17-29/h1-2,5-11,13H,3-4,12,14-17H2,(H,26,30). The summed E-state index contributed by atoms with van der Waals surface area (Å²) < 4.78 is 0. The number of carbonyl (C=O) groups excluding carboxylic acids is 1. The number of hydrogen-bond acceptors (Lipinski definition) is 5. The van der Waals surface area contributed by atoms with Gasteiger partial charge in [0.15, 0.2) is 0 Å². The second-order valence-electron chi connectivity index (χ2n) is 7.88. The van der Waals surface area contributed by atoms with Gasteiger partial charge in [0.25, 0.3) is 5.91 Å². The van der Waals surface area contributed by atoms with Gasteiger partial charge in [-0.3, -0.25) is 4.79 Å². The molecule has 30 heavy (non-hydrogen) atoms. The van der Waals surface area contributed by atoms with E-state index in [9.17, 15) is 4.79 Å². The van der Waals surface area contributed by atoms with Crippen LogP contribution in [0.1, 0.15) is 34.5 Å². The normalized spacial score (nSPS) is 15.7. The fourth-order valence-corrected chi connectivity index (χ4v) is 4.22. The topological polar surface area (TPSA) is 61.4 Å². The number of fused-ring (bicyclic) bond motifs is 1. The second kappa shape index (κ2) is 8.14. The third-order valence-electron chi connectivity index (χ3n) is 5.89. The number of benzene rings is 2. The molecule has 2 aromatic carbocycles. The predicted octanol–water partition coefficient (Wildman–Crippen LogP) is 3.89. The molecule has 0 unspecified atom stereocenters. The molecule has 5 rings (SSSR count). The van der Waals surface area contributed by atoms with Crippen LogP contribution in [0, 0.1) is 0 Å². The molecule has 6 nitrogen and oxygen atoms in total. The highest BCUT2D eigenvalue weighted by Crippen LogP contribution is 2.23. The first-order chi connectivity index (χ1) is 14.8. The smallest absolute Gasteiger partial charge is 0.274 e. The summed E-state index contributed by atoms with van der Waals surface area (Å²) >= 11 is 0. The summed E-state index contributed by atoms with van der Waals surface area (Å²) in [5.74, 6) is 0.381. The van der Waals surface area contributed by atoms with Crippen LogP contribution in [0.25, 0.3) is 0 Å². The Morgan fingerprint density at radius 1 is 0.867 bits per heavy atom. The van der Waals surface area contributed by atoms with E-state index in [4.69, 9.17) is 0 Å². The number of nitrogens with zero attached hydrogens (tertiary/aromatic N) is 4. The van der Waals surface area contributed by atoms with E-state index in [1.165, 1.54) is 29.7 Å². The zero-order valence-electron chi connectivity index (χ0n) is 16.9. The van der Waals surface area contributed by atoms with Crippen molar-refractivity contribution in [3.8, 4) is 0 Å². The summed E-state index contributed by atoms with van der Waals surface area (Å²) in [6, 6.07) is 18.2. The van der Waals surface area contributed by atoms with Crippen molar-refractivity contribution in [2.24, 2.45) is 0 Å². The van der Waals surface area contributed by atoms with Gasteiger partial charge in [-0.25, -0.2) is 9.97 Å². The van der Waals surface area contributed by atoms with Gasteiger partial charge in [-0.15, -0.1) is 0 Å². The Kier molecular flexibility index (Phi) is 5.05. The highest BCUT2D eigenvalue weighted by Gasteiger charge is 2.19. The Morgan fingerprint density at radius 3 is 2.43 bits per heavy atom. The molecule has 1 aromatic heterocycles. The minimum atomic E-state index is -0.218. The number of amides is 1. The molecule has 2 aliphatic heterocycles. The van der Waals surface area contributed by atoms with Crippen LogP contribution >= 0.6 is 0 Å². The maximum atomic E-state index is 12.8. The van der Waals surface area contributed by atoms with Crippen LogP contribution < -0.4 is 15.1 Å². The van der Waals surface area contributed by atoms with Crippen LogP contribution in [-0.2, 0) is 13.0 Å². The summed E-state index contributed by atoms with van der Waals surface area (Å²) in [6.45, 7) is 3.83. The molecule has 0 aliphatic carbocycles. The van der Waals surface area contributed by atoms with Crippen LogP contribution in [0.3, 0.4) is 0 Å². The van der Waals surface area contributed by atoms with Crippen LogP contribution in [0.4, 0.5) is 17.3 Å². The van der Waals surface area contributed by atoms with E-state index < -0.39 is 0 Å². The van der Waals surface area contributed by atoms with Crippen LogP contribution in [-0.4, -0.2) is 35.5 Å². The molecule has 2 aliphatic rings. The number of carbonyl (C=O) groups is 1. The quantitative estimate of drug-likeness (QED) is 0.721. The van der Waals surface area contributed by atoms with E-state index in [2.05, 4.69) is 61.5 Å². The molecule has 3 aromatic rings. The molecule has 1 N–H and O–H groups in total. The second-order valence-corrected chi connectivity index (χ2v) is 7.88. The Labute approximate surface area is 176 Å². The first kappa shape index (κ1) is 18.6. The summed E-state index contributed by atoms with van der Waals surface area (Å²) in [6.07, 6.45) is 5.11. The fraction of sp³-hybridized carbons (Fsp3) is 0.292. The Hall–Kier alpha value is -3.41. The van der Waals surface area contributed by atoms with Crippen molar-refractivity contribution < 1.29 is 4.79 Å². The van der Waals surface area contributed by atoms with Crippen LogP contribution in [0.2, 0.25) is 0 Å². The van der Waals surface area contributed by atoms with Crippen molar-refractivity contribution >= 4 is 23.2 Å². The highest BCUT2D eigenvalue weighted by molar-refractivity contribution is 6.03. The van der Waals surface area contributed by atoms with Crippen molar-refractivity contribution in [3.63, 3.8) is 0 Å². The number of nitrogens with one attached hydrogen (secondary N) is 1. The Morgan fingerprint density at radius 2 is 1.63 bits per heavy atom. The van der Waals surface area contributed by atoms with Crippen molar-refractivity contribution in [3.05, 3.63) is 77.6 Å². The summed E-state index contributed by atoms with van der Waals surface area (Å²) in [4.78, 5) is 26.2. The molecule has 1 amide bonds. The SMILES string of the molecule is O=C(Nc1ccc(N2CCCC2)cc1)c1ccnc(N2CCc3ccccc3C2)n1. The number of aromatic nitrogens is 2. The van der Waals surface area contributed by atoms with Gasteiger partial charge in [0.05, 0.1) is 0 Å². The van der Waals surface area contributed by atoms with Gasteiger partial charge in [0.1, 0.15) is 5.69 Å². The average Bonchev–Trinajstić information content (AvgIpc) is 3.34. The van der Waals surface area contributed by atoms with Crippen molar-refractivity contribution in [2.45, 2.75) is 25.8 Å². The molecule has 0 saturated carbocycles. The van der Waals surface area contributed by atoms with Gasteiger partial charge in [-0.1, -0.05) is 24.3 Å². The molecule has 6 heteroatoms. The summed E-state index contributed by atoms with van der Waals surface area (Å²) in [5, 5.41) is 2.96. The number of anilines is 3. The third kappa shape index (κ3) is 3.85. The van der Waals surface area contributed by atoms with E-state index >= 15 is 0 Å². The van der Waals surface area contributed by atoms with E-state index in [1.54, 1.807) is 12.3 Å². The highest BCUT2D eigenvalue weighted by atomic mass is 16.1. The van der Waals surface area contributed by atoms with Crippen molar-refractivity contribution in [1.29, 1.82) is 0 Å². The molecule has 152 valence electrons.